The molecule has 0 aliphatic carbocycles. The van der Waals surface area contributed by atoms with Gasteiger partial charge in [0.1, 0.15) is 0 Å². The Labute approximate surface area is 106 Å². The van der Waals surface area contributed by atoms with Crippen LogP contribution in [-0.4, -0.2) is 23.7 Å². The van der Waals surface area contributed by atoms with Crippen molar-refractivity contribution >= 4 is 17.7 Å². The molecule has 0 fully saturated rings. The third-order valence-corrected chi connectivity index (χ3v) is 2.53. The topological polar surface area (TPSA) is 78.4 Å². The third kappa shape index (κ3) is 4.86. The van der Waals surface area contributed by atoms with Gasteiger partial charge in [0.2, 0.25) is 0 Å². The Morgan fingerprint density at radius 1 is 1.28 bits per heavy atom. The van der Waals surface area contributed by atoms with E-state index >= 15 is 0 Å². The number of amides is 2. The molecule has 0 radical (unpaired) electrons. The van der Waals surface area contributed by atoms with Crippen LogP contribution < -0.4 is 10.6 Å². The summed E-state index contributed by atoms with van der Waals surface area (Å²) >= 11 is 0. The second kappa shape index (κ2) is 7.32. The maximum Gasteiger partial charge on any atom is 0.319 e. The van der Waals surface area contributed by atoms with Gasteiger partial charge in [-0.3, -0.25) is 4.79 Å². The lowest BCUT2D eigenvalue weighted by Gasteiger charge is -2.12. The molecule has 1 aromatic carbocycles. The molecule has 0 aliphatic rings. The molecule has 0 aliphatic heterocycles. The molecule has 1 rings (SSSR count). The molecule has 1 atom stereocenters. The van der Waals surface area contributed by atoms with E-state index in [2.05, 4.69) is 10.6 Å². The predicted molar refractivity (Wildman–Crippen MR) is 69.5 cm³/mol. The van der Waals surface area contributed by atoms with E-state index in [4.69, 9.17) is 5.11 Å². The van der Waals surface area contributed by atoms with Crippen LogP contribution in [0.15, 0.2) is 30.3 Å². The number of aliphatic carboxylic acids is 1. The van der Waals surface area contributed by atoms with Crippen LogP contribution in [0.4, 0.5) is 10.5 Å². The van der Waals surface area contributed by atoms with E-state index in [0.29, 0.717) is 12.1 Å². The molecular weight excluding hydrogens is 232 g/mol. The Hall–Kier alpha value is -2.04. The number of carbonyl (C=O) groups is 2. The standard InChI is InChI=1S/C13H18N2O3/c1-2-6-10(12(16)17)9-14-13(18)15-11-7-4-3-5-8-11/h3-5,7-8,10H,2,6,9H2,1H3,(H,16,17)(H2,14,15,18). The Balaban J connectivity index is 2.38. The number of nitrogens with one attached hydrogen (secondary N) is 2. The second-order valence-electron chi connectivity index (χ2n) is 4.02. The SMILES string of the molecule is CCCC(CNC(=O)Nc1ccccc1)C(=O)O. The number of anilines is 1. The van der Waals surface area contributed by atoms with Gasteiger partial charge in [-0.2, -0.15) is 0 Å². The molecule has 1 aromatic rings. The monoisotopic (exact) mass is 250 g/mol. The summed E-state index contributed by atoms with van der Waals surface area (Å²) in [5, 5.41) is 14.1. The molecule has 0 saturated carbocycles. The molecule has 0 bridgehead atoms. The fourth-order valence-electron chi connectivity index (χ4n) is 1.57. The van der Waals surface area contributed by atoms with Gasteiger partial charge in [0.15, 0.2) is 0 Å². The smallest absolute Gasteiger partial charge is 0.319 e. The lowest BCUT2D eigenvalue weighted by Crippen LogP contribution is -2.35. The van der Waals surface area contributed by atoms with Crippen molar-refractivity contribution in [3.63, 3.8) is 0 Å². The number of carbonyl (C=O) groups excluding carboxylic acids is 1. The van der Waals surface area contributed by atoms with Crippen LogP contribution >= 0.6 is 0 Å². The van der Waals surface area contributed by atoms with Crippen molar-refractivity contribution in [3.8, 4) is 0 Å². The summed E-state index contributed by atoms with van der Waals surface area (Å²) in [5.74, 6) is -1.41. The highest BCUT2D eigenvalue weighted by molar-refractivity contribution is 5.89. The third-order valence-electron chi connectivity index (χ3n) is 2.53. The van der Waals surface area contributed by atoms with Crippen molar-refractivity contribution in [2.75, 3.05) is 11.9 Å². The van der Waals surface area contributed by atoms with Crippen LogP contribution in [0.1, 0.15) is 19.8 Å². The molecule has 0 saturated heterocycles. The van der Waals surface area contributed by atoms with E-state index in [-0.39, 0.29) is 12.6 Å². The molecule has 0 spiro atoms. The molecule has 5 heteroatoms. The molecule has 5 nitrogen and oxygen atoms in total. The van der Waals surface area contributed by atoms with E-state index < -0.39 is 11.9 Å². The van der Waals surface area contributed by atoms with Crippen LogP contribution in [0.25, 0.3) is 0 Å². The molecule has 1 unspecified atom stereocenters. The Morgan fingerprint density at radius 3 is 2.50 bits per heavy atom. The van der Waals surface area contributed by atoms with Crippen LogP contribution in [-0.2, 0) is 4.79 Å². The molecule has 3 N–H and O–H groups in total. The first-order valence-corrected chi connectivity index (χ1v) is 5.96. The summed E-state index contributed by atoms with van der Waals surface area (Å²) in [7, 11) is 0. The van der Waals surface area contributed by atoms with Gasteiger partial charge < -0.3 is 15.7 Å². The number of para-hydroxylation sites is 1. The highest BCUT2D eigenvalue weighted by Gasteiger charge is 2.16. The number of carboxylic acid groups (broad SMARTS) is 1. The second-order valence-corrected chi connectivity index (χ2v) is 4.02. The van der Waals surface area contributed by atoms with Crippen LogP contribution in [0.3, 0.4) is 0 Å². The molecular formula is C13H18N2O3. The number of hydrogen-bond donors (Lipinski definition) is 3. The lowest BCUT2D eigenvalue weighted by molar-refractivity contribution is -0.141. The number of urea groups is 1. The fraction of sp³-hybridized carbons (Fsp3) is 0.385. The van der Waals surface area contributed by atoms with Gasteiger partial charge in [-0.05, 0) is 18.6 Å². The summed E-state index contributed by atoms with van der Waals surface area (Å²) in [5.41, 5.74) is 0.678. The Bertz CT molecular complexity index is 392. The number of hydrogen-bond acceptors (Lipinski definition) is 2. The minimum Gasteiger partial charge on any atom is -0.481 e. The number of carboxylic acids is 1. The van der Waals surface area contributed by atoms with Crippen LogP contribution in [0.5, 0.6) is 0 Å². The average Bonchev–Trinajstić information content (AvgIpc) is 2.35. The zero-order chi connectivity index (χ0) is 13.4. The number of rotatable bonds is 6. The average molecular weight is 250 g/mol. The van der Waals surface area contributed by atoms with E-state index in [1.807, 2.05) is 25.1 Å². The van der Waals surface area contributed by atoms with E-state index in [0.717, 1.165) is 6.42 Å². The van der Waals surface area contributed by atoms with Crippen molar-refractivity contribution in [3.05, 3.63) is 30.3 Å². The molecule has 98 valence electrons. The minimum atomic E-state index is -0.878. The van der Waals surface area contributed by atoms with Crippen molar-refractivity contribution in [2.24, 2.45) is 5.92 Å². The molecule has 0 aromatic heterocycles. The molecule has 0 heterocycles. The Kier molecular flexibility index (Phi) is 5.70. The van der Waals surface area contributed by atoms with Gasteiger partial charge in [-0.15, -0.1) is 0 Å². The summed E-state index contributed by atoms with van der Waals surface area (Å²) < 4.78 is 0. The predicted octanol–water partition coefficient (Wildman–Crippen LogP) is 2.31. The molecule has 2 amide bonds. The highest BCUT2D eigenvalue weighted by Crippen LogP contribution is 2.06. The normalized spacial score (nSPS) is 11.6. The fourth-order valence-corrected chi connectivity index (χ4v) is 1.57. The first kappa shape index (κ1) is 14.0. The quantitative estimate of drug-likeness (QED) is 0.725. The van der Waals surface area contributed by atoms with Crippen molar-refractivity contribution in [2.45, 2.75) is 19.8 Å². The van der Waals surface area contributed by atoms with E-state index in [9.17, 15) is 9.59 Å². The zero-order valence-electron chi connectivity index (χ0n) is 10.3. The van der Waals surface area contributed by atoms with Crippen molar-refractivity contribution < 1.29 is 14.7 Å². The minimum absolute atomic E-state index is 0.141. The highest BCUT2D eigenvalue weighted by atomic mass is 16.4. The van der Waals surface area contributed by atoms with Gasteiger partial charge in [0.05, 0.1) is 5.92 Å². The van der Waals surface area contributed by atoms with Gasteiger partial charge in [0.25, 0.3) is 0 Å². The van der Waals surface area contributed by atoms with Gasteiger partial charge in [0, 0.05) is 12.2 Å². The first-order valence-electron chi connectivity index (χ1n) is 5.96. The number of benzene rings is 1. The summed E-state index contributed by atoms with van der Waals surface area (Å²) in [6.07, 6.45) is 1.33. The van der Waals surface area contributed by atoms with Gasteiger partial charge in [-0.25, -0.2) is 4.79 Å². The van der Waals surface area contributed by atoms with Crippen LogP contribution in [0, 0.1) is 5.92 Å². The first-order chi connectivity index (χ1) is 8.63. The lowest BCUT2D eigenvalue weighted by atomic mass is 10.0. The van der Waals surface area contributed by atoms with Crippen molar-refractivity contribution in [1.82, 2.24) is 5.32 Å². The van der Waals surface area contributed by atoms with E-state index in [1.54, 1.807) is 12.1 Å². The zero-order valence-corrected chi connectivity index (χ0v) is 10.3. The van der Waals surface area contributed by atoms with Crippen molar-refractivity contribution in [1.29, 1.82) is 0 Å². The van der Waals surface area contributed by atoms with E-state index in [1.165, 1.54) is 0 Å². The largest absolute Gasteiger partial charge is 0.481 e. The molecule has 18 heavy (non-hydrogen) atoms. The van der Waals surface area contributed by atoms with Gasteiger partial charge in [-0.1, -0.05) is 31.5 Å². The van der Waals surface area contributed by atoms with Gasteiger partial charge >= 0.3 is 12.0 Å². The van der Waals surface area contributed by atoms with Crippen LogP contribution in [0.2, 0.25) is 0 Å². The summed E-state index contributed by atoms with van der Waals surface area (Å²) in [4.78, 5) is 22.4. The maximum absolute atomic E-state index is 11.5. The Morgan fingerprint density at radius 2 is 1.94 bits per heavy atom. The summed E-state index contributed by atoms with van der Waals surface area (Å²) in [6.45, 7) is 2.06. The summed E-state index contributed by atoms with van der Waals surface area (Å²) in [6, 6.07) is 8.62. The maximum atomic E-state index is 11.5.